The maximum atomic E-state index is 8.68. The third-order valence-corrected chi connectivity index (χ3v) is 2.87. The van der Waals surface area contributed by atoms with Crippen LogP contribution in [-0.4, -0.2) is 17.1 Å². The van der Waals surface area contributed by atoms with Crippen molar-refractivity contribution in [3.8, 4) is 6.07 Å². The Balaban J connectivity index is 1.96. The molecular weight excluding hydrogens is 188 g/mol. The highest BCUT2D eigenvalue weighted by atomic mass is 15.0. The summed E-state index contributed by atoms with van der Waals surface area (Å²) in [5, 5.41) is 11.9. The third-order valence-electron chi connectivity index (χ3n) is 2.87. The Morgan fingerprint density at radius 2 is 2.40 bits per heavy atom. The van der Waals surface area contributed by atoms with Gasteiger partial charge >= 0.3 is 0 Å². The molecule has 0 aliphatic heterocycles. The van der Waals surface area contributed by atoms with Crippen LogP contribution in [0.1, 0.15) is 25.0 Å². The van der Waals surface area contributed by atoms with Crippen molar-refractivity contribution in [1.29, 1.82) is 5.26 Å². The molecule has 15 heavy (non-hydrogen) atoms. The Kier molecular flexibility index (Phi) is 2.57. The lowest BCUT2D eigenvalue weighted by Crippen LogP contribution is -2.51. The van der Waals surface area contributed by atoms with E-state index in [-0.39, 0.29) is 5.54 Å². The summed E-state index contributed by atoms with van der Waals surface area (Å²) in [6.07, 6.45) is 5.01. The molecule has 3 N–H and O–H groups in total. The topological polar surface area (TPSA) is 74.7 Å². The molecule has 0 bridgehead atoms. The first-order valence-electron chi connectivity index (χ1n) is 5.11. The largest absolute Gasteiger partial charge is 0.383 e. The lowest BCUT2D eigenvalue weighted by atomic mass is 9.78. The molecule has 0 aromatic carbocycles. The standard InChI is InChI=1S/C11H14N4/c12-7-10-6-9(2-5-14-10)15-8-11(13)3-1-4-11/h2,5-6H,1,3-4,8,13H2,(H,14,15). The molecule has 1 aromatic heterocycles. The van der Waals surface area contributed by atoms with Crippen molar-refractivity contribution in [3.05, 3.63) is 24.0 Å². The van der Waals surface area contributed by atoms with Crippen LogP contribution in [0.25, 0.3) is 0 Å². The van der Waals surface area contributed by atoms with E-state index in [1.54, 1.807) is 12.3 Å². The molecule has 0 radical (unpaired) electrons. The fourth-order valence-electron chi connectivity index (χ4n) is 1.69. The molecule has 78 valence electrons. The second-order valence-corrected chi connectivity index (χ2v) is 4.11. The fraction of sp³-hybridized carbons (Fsp3) is 0.455. The molecule has 1 saturated carbocycles. The molecule has 1 aromatic rings. The Morgan fingerprint density at radius 1 is 1.60 bits per heavy atom. The Morgan fingerprint density at radius 3 is 3.00 bits per heavy atom. The minimum atomic E-state index is -0.0456. The summed E-state index contributed by atoms with van der Waals surface area (Å²) >= 11 is 0. The van der Waals surface area contributed by atoms with Crippen LogP contribution >= 0.6 is 0 Å². The summed E-state index contributed by atoms with van der Waals surface area (Å²) < 4.78 is 0. The van der Waals surface area contributed by atoms with Crippen LogP contribution in [0.2, 0.25) is 0 Å². The Hall–Kier alpha value is -1.60. The summed E-state index contributed by atoms with van der Waals surface area (Å²) in [5.41, 5.74) is 7.38. The summed E-state index contributed by atoms with van der Waals surface area (Å²) in [6, 6.07) is 5.60. The highest BCUT2D eigenvalue weighted by molar-refractivity contribution is 5.46. The summed E-state index contributed by atoms with van der Waals surface area (Å²) in [4.78, 5) is 3.90. The molecule has 2 rings (SSSR count). The van der Waals surface area contributed by atoms with Crippen LogP contribution in [0.15, 0.2) is 18.3 Å². The van der Waals surface area contributed by atoms with Gasteiger partial charge in [0, 0.05) is 24.0 Å². The summed E-state index contributed by atoms with van der Waals surface area (Å²) in [5.74, 6) is 0. The van der Waals surface area contributed by atoms with Crippen molar-refractivity contribution >= 4 is 5.69 Å². The minimum Gasteiger partial charge on any atom is -0.383 e. The van der Waals surface area contributed by atoms with Gasteiger partial charge in [0.05, 0.1) is 0 Å². The number of pyridine rings is 1. The predicted molar refractivity (Wildman–Crippen MR) is 58.2 cm³/mol. The number of aromatic nitrogens is 1. The second kappa shape index (κ2) is 3.87. The first-order valence-corrected chi connectivity index (χ1v) is 5.11. The maximum absolute atomic E-state index is 8.68. The van der Waals surface area contributed by atoms with Crippen LogP contribution in [-0.2, 0) is 0 Å². The van der Waals surface area contributed by atoms with Crippen LogP contribution < -0.4 is 11.1 Å². The number of nitriles is 1. The summed E-state index contributed by atoms with van der Waals surface area (Å²) in [7, 11) is 0. The summed E-state index contributed by atoms with van der Waals surface area (Å²) in [6.45, 7) is 0.766. The van der Waals surface area contributed by atoms with E-state index in [0.717, 1.165) is 25.1 Å². The highest BCUT2D eigenvalue weighted by Crippen LogP contribution is 2.29. The molecular formula is C11H14N4. The Bertz CT molecular complexity index is 390. The molecule has 0 saturated heterocycles. The quantitative estimate of drug-likeness (QED) is 0.773. The molecule has 1 fully saturated rings. The van der Waals surface area contributed by atoms with E-state index in [1.165, 1.54) is 6.42 Å². The van der Waals surface area contributed by atoms with Gasteiger partial charge in [0.2, 0.25) is 0 Å². The van der Waals surface area contributed by atoms with Crippen LogP contribution in [0.4, 0.5) is 5.69 Å². The average Bonchev–Trinajstić information content (AvgIpc) is 2.24. The van der Waals surface area contributed by atoms with Crippen LogP contribution in [0.3, 0.4) is 0 Å². The van der Waals surface area contributed by atoms with Gasteiger partial charge in [0.15, 0.2) is 0 Å². The van der Waals surface area contributed by atoms with Gasteiger partial charge in [-0.25, -0.2) is 4.98 Å². The van der Waals surface area contributed by atoms with Crippen LogP contribution in [0.5, 0.6) is 0 Å². The molecule has 0 amide bonds. The molecule has 1 aliphatic rings. The maximum Gasteiger partial charge on any atom is 0.142 e. The van der Waals surface area contributed by atoms with E-state index in [1.807, 2.05) is 12.1 Å². The van der Waals surface area contributed by atoms with Gasteiger partial charge in [-0.05, 0) is 31.4 Å². The minimum absolute atomic E-state index is 0.0456. The van der Waals surface area contributed by atoms with Gasteiger partial charge in [-0.1, -0.05) is 0 Å². The van der Waals surface area contributed by atoms with Crippen LogP contribution in [0, 0.1) is 11.3 Å². The Labute approximate surface area is 89.1 Å². The SMILES string of the molecule is N#Cc1cc(NCC2(N)CCC2)ccn1. The third kappa shape index (κ3) is 2.25. The number of nitrogens with one attached hydrogen (secondary N) is 1. The van der Waals surface area contributed by atoms with E-state index >= 15 is 0 Å². The first kappa shape index (κ1) is 9.94. The zero-order chi connectivity index (χ0) is 10.7. The molecule has 0 atom stereocenters. The lowest BCUT2D eigenvalue weighted by Gasteiger charge is -2.38. The van der Waals surface area contributed by atoms with E-state index in [9.17, 15) is 0 Å². The van der Waals surface area contributed by atoms with Gasteiger partial charge in [0.25, 0.3) is 0 Å². The molecule has 4 heteroatoms. The van der Waals surface area contributed by atoms with Crippen molar-refractivity contribution in [2.24, 2.45) is 5.73 Å². The van der Waals surface area contributed by atoms with E-state index in [0.29, 0.717) is 5.69 Å². The second-order valence-electron chi connectivity index (χ2n) is 4.11. The van der Waals surface area contributed by atoms with Crippen molar-refractivity contribution in [2.75, 3.05) is 11.9 Å². The molecule has 0 spiro atoms. The average molecular weight is 202 g/mol. The van der Waals surface area contributed by atoms with Gasteiger partial charge in [-0.15, -0.1) is 0 Å². The fourth-order valence-corrected chi connectivity index (χ4v) is 1.69. The highest BCUT2D eigenvalue weighted by Gasteiger charge is 2.31. The van der Waals surface area contributed by atoms with Gasteiger partial charge < -0.3 is 11.1 Å². The number of nitrogens with two attached hydrogens (primary N) is 1. The van der Waals surface area contributed by atoms with Crippen molar-refractivity contribution in [1.82, 2.24) is 4.98 Å². The van der Waals surface area contributed by atoms with Crippen molar-refractivity contribution in [3.63, 3.8) is 0 Å². The van der Waals surface area contributed by atoms with Gasteiger partial charge in [-0.3, -0.25) is 0 Å². The molecule has 1 heterocycles. The first-order chi connectivity index (χ1) is 7.22. The van der Waals surface area contributed by atoms with E-state index in [4.69, 9.17) is 11.0 Å². The number of hydrogen-bond acceptors (Lipinski definition) is 4. The normalized spacial score (nSPS) is 17.6. The number of anilines is 1. The van der Waals surface area contributed by atoms with E-state index in [2.05, 4.69) is 10.3 Å². The zero-order valence-electron chi connectivity index (χ0n) is 8.53. The van der Waals surface area contributed by atoms with Crippen molar-refractivity contribution < 1.29 is 0 Å². The van der Waals surface area contributed by atoms with Gasteiger partial charge in [-0.2, -0.15) is 5.26 Å². The molecule has 1 aliphatic carbocycles. The smallest absolute Gasteiger partial charge is 0.142 e. The number of rotatable bonds is 3. The number of nitrogens with zero attached hydrogens (tertiary/aromatic N) is 2. The lowest BCUT2D eigenvalue weighted by molar-refractivity contribution is 0.265. The number of hydrogen-bond donors (Lipinski definition) is 2. The van der Waals surface area contributed by atoms with Crippen molar-refractivity contribution in [2.45, 2.75) is 24.8 Å². The zero-order valence-corrected chi connectivity index (χ0v) is 8.53. The molecule has 4 nitrogen and oxygen atoms in total. The van der Waals surface area contributed by atoms with Gasteiger partial charge in [0.1, 0.15) is 11.8 Å². The molecule has 0 unspecified atom stereocenters. The monoisotopic (exact) mass is 202 g/mol. The van der Waals surface area contributed by atoms with E-state index < -0.39 is 0 Å². The predicted octanol–water partition coefficient (Wildman–Crippen LogP) is 1.25.